The zero-order valence-corrected chi connectivity index (χ0v) is 18.2. The van der Waals surface area contributed by atoms with Gasteiger partial charge >= 0.3 is 0 Å². The van der Waals surface area contributed by atoms with Crippen LogP contribution in [0, 0.1) is 0 Å². The maximum Gasteiger partial charge on any atom is 0.164 e. The van der Waals surface area contributed by atoms with Crippen molar-refractivity contribution >= 4 is 40.1 Å². The number of benzene rings is 1. The molecule has 0 saturated carbocycles. The first-order chi connectivity index (χ1) is 14.8. The molecule has 3 heterocycles. The lowest BCUT2D eigenvalue weighted by atomic mass is 9.87. The third-order valence-corrected chi connectivity index (χ3v) is 6.13. The number of aliphatic hydroxyl groups excluding tert-OH is 2. The summed E-state index contributed by atoms with van der Waals surface area (Å²) in [5.74, 6) is 0.456. The second-order valence-corrected chi connectivity index (χ2v) is 8.24. The molecule has 0 aliphatic carbocycles. The number of ether oxygens (including phenoxy) is 1. The Kier molecular flexibility index (Phi) is 6.10. The normalized spacial score (nSPS) is 25.6. The summed E-state index contributed by atoms with van der Waals surface area (Å²) in [6.07, 6.45) is -1.84. The quantitative estimate of drug-likeness (QED) is 0.407. The first-order valence-electron chi connectivity index (χ1n) is 9.64. The lowest BCUT2D eigenvalue weighted by Gasteiger charge is -2.32. The smallest absolute Gasteiger partial charge is 0.164 e. The van der Waals surface area contributed by atoms with Gasteiger partial charge in [0.05, 0.1) is 22.0 Å². The molecule has 3 aromatic rings. The van der Waals surface area contributed by atoms with Crippen LogP contribution in [0.2, 0.25) is 10.0 Å². The fraction of sp³-hybridized carbons (Fsp3) is 0.400. The Morgan fingerprint density at radius 1 is 1.19 bits per heavy atom. The maximum atomic E-state index is 11.2. The van der Waals surface area contributed by atoms with Crippen molar-refractivity contribution in [2.24, 2.45) is 0 Å². The molecular formula is C20H22Cl2N4O5. The summed E-state index contributed by atoms with van der Waals surface area (Å²) < 4.78 is 7.55. The Morgan fingerprint density at radius 3 is 2.68 bits per heavy atom. The van der Waals surface area contributed by atoms with Gasteiger partial charge in [0.25, 0.3) is 0 Å². The number of anilines is 1. The Bertz CT molecular complexity index is 1090. The summed E-state index contributed by atoms with van der Waals surface area (Å²) in [5, 5.41) is 33.9. The third kappa shape index (κ3) is 3.87. The van der Waals surface area contributed by atoms with E-state index in [0.717, 1.165) is 0 Å². The Hall–Kier alpha value is -1.98. The first kappa shape index (κ1) is 22.2. The van der Waals surface area contributed by atoms with Gasteiger partial charge < -0.3 is 24.6 Å². The lowest BCUT2D eigenvalue weighted by Crippen LogP contribution is -2.45. The predicted octanol–water partition coefficient (Wildman–Crippen LogP) is 2.63. The second kappa shape index (κ2) is 8.51. The van der Waals surface area contributed by atoms with Crippen LogP contribution in [0.15, 0.2) is 36.8 Å². The first-order valence-corrected chi connectivity index (χ1v) is 10.4. The lowest BCUT2D eigenvalue weighted by molar-refractivity contribution is -0.135. The Balaban J connectivity index is 1.67. The average molecular weight is 469 g/mol. The van der Waals surface area contributed by atoms with Crippen LogP contribution in [0.4, 0.5) is 5.82 Å². The highest BCUT2D eigenvalue weighted by molar-refractivity contribution is 6.42. The largest absolute Gasteiger partial charge is 0.387 e. The number of fused-ring (bicyclic) bond motifs is 1. The highest BCUT2D eigenvalue weighted by Gasteiger charge is 2.52. The van der Waals surface area contributed by atoms with Gasteiger partial charge in [-0.25, -0.2) is 15.4 Å². The summed E-state index contributed by atoms with van der Waals surface area (Å²) in [4.78, 5) is 13.6. The zero-order valence-electron chi connectivity index (χ0n) is 16.7. The fourth-order valence-corrected chi connectivity index (χ4v) is 4.03. The van der Waals surface area contributed by atoms with Gasteiger partial charge in [0.2, 0.25) is 0 Å². The molecule has 0 bridgehead atoms. The predicted molar refractivity (Wildman–Crippen MR) is 115 cm³/mol. The molecule has 2 aromatic heterocycles. The number of nitrogens with one attached hydrogen (secondary N) is 1. The monoisotopic (exact) mass is 468 g/mol. The van der Waals surface area contributed by atoms with Crippen LogP contribution in [0.5, 0.6) is 0 Å². The van der Waals surface area contributed by atoms with Crippen LogP contribution in [-0.2, 0) is 15.2 Å². The van der Waals surface area contributed by atoms with Gasteiger partial charge in [0.15, 0.2) is 12.0 Å². The number of aliphatic hydroxyl groups is 3. The molecule has 0 unspecified atom stereocenters. The number of rotatable bonds is 6. The van der Waals surface area contributed by atoms with Gasteiger partial charge in [-0.05, 0) is 37.6 Å². The van der Waals surface area contributed by atoms with Crippen LogP contribution in [0.1, 0.15) is 25.6 Å². The third-order valence-electron chi connectivity index (χ3n) is 5.39. The molecule has 9 nitrogen and oxygen atoms in total. The van der Waals surface area contributed by atoms with Gasteiger partial charge in [0.1, 0.15) is 35.9 Å². The van der Waals surface area contributed by atoms with E-state index >= 15 is 0 Å². The molecule has 0 spiro atoms. The van der Waals surface area contributed by atoms with Crippen LogP contribution < -0.4 is 5.48 Å². The van der Waals surface area contributed by atoms with E-state index in [1.807, 2.05) is 6.92 Å². The molecular weight excluding hydrogens is 447 g/mol. The molecule has 166 valence electrons. The van der Waals surface area contributed by atoms with E-state index < -0.39 is 30.1 Å². The van der Waals surface area contributed by atoms with Gasteiger partial charge in [0, 0.05) is 6.20 Å². The maximum absolute atomic E-state index is 11.2. The summed E-state index contributed by atoms with van der Waals surface area (Å²) in [6, 6.07) is 6.38. The molecule has 1 aliphatic heterocycles. The molecule has 11 heteroatoms. The van der Waals surface area contributed by atoms with Gasteiger partial charge in [-0.1, -0.05) is 29.3 Å². The topological polar surface area (TPSA) is 122 Å². The van der Waals surface area contributed by atoms with E-state index in [1.165, 1.54) is 19.3 Å². The number of aromatic nitrogens is 3. The minimum absolute atomic E-state index is 0.256. The van der Waals surface area contributed by atoms with E-state index in [4.69, 9.17) is 32.8 Å². The number of hydrogen-bond donors (Lipinski definition) is 4. The molecule has 0 radical (unpaired) electrons. The highest BCUT2D eigenvalue weighted by Crippen LogP contribution is 2.41. The van der Waals surface area contributed by atoms with E-state index in [1.54, 1.807) is 29.0 Å². The van der Waals surface area contributed by atoms with Gasteiger partial charge in [-0.3, -0.25) is 4.84 Å². The SMILES string of the molecule is CCONc1ncnc2c1ccn2[C@@H]1O[C@H]([C@](C)(O)c2ccc(Cl)c(Cl)c2)[C@@H](O)[C@H]1O. The van der Waals surface area contributed by atoms with E-state index in [9.17, 15) is 15.3 Å². The summed E-state index contributed by atoms with van der Waals surface area (Å²) >= 11 is 12.1. The van der Waals surface area contributed by atoms with Crippen molar-refractivity contribution in [3.05, 3.63) is 52.4 Å². The fourth-order valence-electron chi connectivity index (χ4n) is 3.73. The molecule has 4 rings (SSSR count). The summed E-state index contributed by atoms with van der Waals surface area (Å²) in [6.45, 7) is 3.75. The average Bonchev–Trinajstić information content (AvgIpc) is 3.30. The molecule has 5 atom stereocenters. The number of halogens is 2. The van der Waals surface area contributed by atoms with E-state index in [0.29, 0.717) is 34.0 Å². The van der Waals surface area contributed by atoms with Crippen molar-refractivity contribution in [2.75, 3.05) is 12.1 Å². The Labute approximate surface area is 188 Å². The second-order valence-electron chi connectivity index (χ2n) is 7.42. The van der Waals surface area contributed by atoms with Crippen LogP contribution in [-0.4, -0.2) is 54.8 Å². The molecule has 1 aromatic carbocycles. The molecule has 1 saturated heterocycles. The van der Waals surface area contributed by atoms with Crippen LogP contribution in [0.25, 0.3) is 11.0 Å². The van der Waals surface area contributed by atoms with Crippen LogP contribution >= 0.6 is 23.2 Å². The molecule has 1 aliphatic rings. The van der Waals surface area contributed by atoms with Crippen molar-refractivity contribution in [2.45, 2.75) is 44.0 Å². The van der Waals surface area contributed by atoms with Gasteiger partial charge in [-0.2, -0.15) is 0 Å². The van der Waals surface area contributed by atoms with Crippen LogP contribution in [0.3, 0.4) is 0 Å². The van der Waals surface area contributed by atoms with Crippen molar-refractivity contribution in [1.82, 2.24) is 14.5 Å². The molecule has 1 fully saturated rings. The van der Waals surface area contributed by atoms with Crippen molar-refractivity contribution in [1.29, 1.82) is 0 Å². The van der Waals surface area contributed by atoms with Crippen molar-refractivity contribution in [3.63, 3.8) is 0 Å². The summed E-state index contributed by atoms with van der Waals surface area (Å²) in [7, 11) is 0. The standard InChI is InChI=1S/C20H22Cl2N4O5/c1-3-30-25-17-11-6-7-26(18(11)24-9-23-17)19-15(28)14(27)16(31-19)20(2,29)10-4-5-12(21)13(22)8-10/h4-9,14-16,19,27-29H,3H2,1-2H3,(H,23,24,25)/t14-,15+,16-,19+,20+/m0/s1. The minimum Gasteiger partial charge on any atom is -0.387 e. The van der Waals surface area contributed by atoms with E-state index in [2.05, 4.69) is 15.4 Å². The molecule has 4 N–H and O–H groups in total. The Morgan fingerprint density at radius 2 is 1.97 bits per heavy atom. The van der Waals surface area contributed by atoms with Crippen molar-refractivity contribution in [3.8, 4) is 0 Å². The summed E-state index contributed by atoms with van der Waals surface area (Å²) in [5.41, 5.74) is 1.93. The highest BCUT2D eigenvalue weighted by atomic mass is 35.5. The number of nitrogens with zero attached hydrogens (tertiary/aromatic N) is 3. The molecule has 0 amide bonds. The molecule has 31 heavy (non-hydrogen) atoms. The minimum atomic E-state index is -1.66. The van der Waals surface area contributed by atoms with Crippen molar-refractivity contribution < 1.29 is 24.9 Å². The number of hydrogen-bond acceptors (Lipinski definition) is 8. The van der Waals surface area contributed by atoms with Gasteiger partial charge in [-0.15, -0.1) is 0 Å². The van der Waals surface area contributed by atoms with E-state index in [-0.39, 0.29) is 5.02 Å². The zero-order chi connectivity index (χ0) is 22.3.